The fraction of sp³-hybridized carbons (Fsp3) is 0.696. The van der Waals surface area contributed by atoms with E-state index in [0.29, 0.717) is 24.8 Å². The van der Waals surface area contributed by atoms with Gasteiger partial charge >= 0.3 is 0 Å². The van der Waals surface area contributed by atoms with Gasteiger partial charge in [0, 0.05) is 52.4 Å². The molecule has 0 unspecified atom stereocenters. The summed E-state index contributed by atoms with van der Waals surface area (Å²) in [6.45, 7) is 5.14. The molecule has 1 aromatic carbocycles. The average molecular weight is 474 g/mol. The molecular formula is C23H34Cl2FN3O2. The predicted molar refractivity (Wildman–Crippen MR) is 125 cm³/mol. The highest BCUT2D eigenvalue weighted by molar-refractivity contribution is 6.42. The van der Waals surface area contributed by atoms with Gasteiger partial charge in [0.1, 0.15) is 0 Å². The number of hydrogen-bond donors (Lipinski definition) is 1. The van der Waals surface area contributed by atoms with Crippen molar-refractivity contribution in [2.75, 3.05) is 51.3 Å². The number of methoxy groups -OCH3 is 1. The van der Waals surface area contributed by atoms with Crippen molar-refractivity contribution in [2.24, 2.45) is 5.92 Å². The van der Waals surface area contributed by atoms with Gasteiger partial charge < -0.3 is 15.0 Å². The Balaban J connectivity index is 1.33. The number of piperazine rings is 1. The van der Waals surface area contributed by atoms with Crippen LogP contribution in [0.1, 0.15) is 44.9 Å². The number of anilines is 1. The summed E-state index contributed by atoms with van der Waals surface area (Å²) in [7, 11) is 1.66. The lowest BCUT2D eigenvalue weighted by atomic mass is 9.84. The summed E-state index contributed by atoms with van der Waals surface area (Å²) in [5, 5.41) is 3.43. The van der Waals surface area contributed by atoms with Gasteiger partial charge in [0.25, 0.3) is 0 Å². The van der Waals surface area contributed by atoms with Crippen LogP contribution < -0.4 is 10.2 Å². The quantitative estimate of drug-likeness (QED) is 0.415. The third kappa shape index (κ3) is 7.21. The van der Waals surface area contributed by atoms with Gasteiger partial charge in [-0.25, -0.2) is 4.39 Å². The molecule has 1 amide bonds. The second kappa shape index (κ2) is 12.2. The molecule has 0 aromatic heterocycles. The predicted octanol–water partition coefficient (Wildman–Crippen LogP) is 4.75. The summed E-state index contributed by atoms with van der Waals surface area (Å²) in [4.78, 5) is 16.5. The Bertz CT molecular complexity index is 721. The Morgan fingerprint density at radius 3 is 2.55 bits per heavy atom. The monoisotopic (exact) mass is 473 g/mol. The molecule has 174 valence electrons. The number of ether oxygens (including phenoxy) is 1. The van der Waals surface area contributed by atoms with Crippen molar-refractivity contribution >= 4 is 34.8 Å². The summed E-state index contributed by atoms with van der Waals surface area (Å²) in [6, 6.07) is 3.71. The number of carbonyl (C=O) groups is 1. The van der Waals surface area contributed by atoms with Crippen LogP contribution in [-0.2, 0) is 9.53 Å². The van der Waals surface area contributed by atoms with Crippen molar-refractivity contribution in [2.45, 2.75) is 51.0 Å². The SMILES string of the molecule is COCCCC(=O)NC1CCC(CCN2CCN(c3ccc(Cl)c(Cl)c3F)CC2)CC1. The standard InChI is InChI=1S/C23H34Cl2FN3O2/c1-31-16-2-3-21(30)27-18-6-4-17(5-7-18)10-11-28-12-14-29(15-13-28)20-9-8-19(24)22(25)23(20)26/h8-9,17-18H,2-7,10-16H2,1H3,(H,27,30). The van der Waals surface area contributed by atoms with Crippen LogP contribution in [0.25, 0.3) is 0 Å². The average Bonchev–Trinajstić information content (AvgIpc) is 2.78. The van der Waals surface area contributed by atoms with Gasteiger partial charge in [0.05, 0.1) is 15.7 Å². The molecule has 0 spiro atoms. The minimum Gasteiger partial charge on any atom is -0.385 e. The first kappa shape index (κ1) is 24.6. The van der Waals surface area contributed by atoms with E-state index >= 15 is 0 Å². The number of halogens is 3. The molecule has 1 N–H and O–H groups in total. The van der Waals surface area contributed by atoms with E-state index < -0.39 is 5.82 Å². The highest BCUT2D eigenvalue weighted by Gasteiger charge is 2.25. The molecule has 0 bridgehead atoms. The molecule has 1 saturated heterocycles. The normalized spacial score (nSPS) is 22.5. The summed E-state index contributed by atoms with van der Waals surface area (Å²) in [5.74, 6) is 0.453. The first-order valence-corrected chi connectivity index (χ1v) is 12.1. The molecule has 0 atom stereocenters. The molecule has 1 aliphatic heterocycles. The third-order valence-electron chi connectivity index (χ3n) is 6.55. The van der Waals surface area contributed by atoms with Crippen molar-refractivity contribution in [1.82, 2.24) is 10.2 Å². The van der Waals surface area contributed by atoms with E-state index in [0.717, 1.165) is 57.9 Å². The van der Waals surface area contributed by atoms with Crippen LogP contribution in [0.3, 0.4) is 0 Å². The van der Waals surface area contributed by atoms with E-state index in [-0.39, 0.29) is 16.0 Å². The number of carbonyl (C=O) groups excluding carboxylic acids is 1. The zero-order valence-electron chi connectivity index (χ0n) is 18.3. The summed E-state index contributed by atoms with van der Waals surface area (Å²) in [6.07, 6.45) is 7.02. The van der Waals surface area contributed by atoms with Gasteiger partial charge in [0.15, 0.2) is 5.82 Å². The molecule has 1 saturated carbocycles. The second-order valence-electron chi connectivity index (χ2n) is 8.69. The number of rotatable bonds is 9. The van der Waals surface area contributed by atoms with Gasteiger partial charge in [-0.1, -0.05) is 23.2 Å². The van der Waals surface area contributed by atoms with Crippen molar-refractivity contribution in [3.05, 3.63) is 28.0 Å². The van der Waals surface area contributed by atoms with Crippen LogP contribution >= 0.6 is 23.2 Å². The number of benzene rings is 1. The molecule has 31 heavy (non-hydrogen) atoms. The zero-order valence-corrected chi connectivity index (χ0v) is 19.9. The maximum Gasteiger partial charge on any atom is 0.220 e. The van der Waals surface area contributed by atoms with Crippen LogP contribution in [0.2, 0.25) is 10.0 Å². The largest absolute Gasteiger partial charge is 0.385 e. The van der Waals surface area contributed by atoms with Gasteiger partial charge in [-0.15, -0.1) is 0 Å². The van der Waals surface area contributed by atoms with Gasteiger partial charge in [0.2, 0.25) is 5.91 Å². The summed E-state index contributed by atoms with van der Waals surface area (Å²) >= 11 is 11.9. The Hall–Kier alpha value is -1.08. The van der Waals surface area contributed by atoms with Crippen LogP contribution in [0, 0.1) is 11.7 Å². The highest BCUT2D eigenvalue weighted by Crippen LogP contribution is 2.32. The maximum absolute atomic E-state index is 14.4. The van der Waals surface area contributed by atoms with Crippen molar-refractivity contribution in [3.63, 3.8) is 0 Å². The number of hydrogen-bond acceptors (Lipinski definition) is 4. The Morgan fingerprint density at radius 2 is 1.87 bits per heavy atom. The number of nitrogens with one attached hydrogen (secondary N) is 1. The van der Waals surface area contributed by atoms with Crippen molar-refractivity contribution in [1.29, 1.82) is 0 Å². The molecule has 1 heterocycles. The minimum absolute atomic E-state index is 0.00312. The lowest BCUT2D eigenvalue weighted by Gasteiger charge is -2.37. The van der Waals surface area contributed by atoms with Crippen LogP contribution in [0.15, 0.2) is 12.1 Å². The first-order chi connectivity index (χ1) is 15.0. The highest BCUT2D eigenvalue weighted by atomic mass is 35.5. The molecule has 5 nitrogen and oxygen atoms in total. The van der Waals surface area contributed by atoms with Gasteiger partial charge in [-0.2, -0.15) is 0 Å². The minimum atomic E-state index is -0.426. The summed E-state index contributed by atoms with van der Waals surface area (Å²) < 4.78 is 19.4. The Morgan fingerprint density at radius 1 is 1.16 bits per heavy atom. The molecule has 1 aliphatic carbocycles. The van der Waals surface area contributed by atoms with Crippen molar-refractivity contribution in [3.8, 4) is 0 Å². The van der Waals surface area contributed by atoms with Gasteiger partial charge in [-0.3, -0.25) is 9.69 Å². The first-order valence-electron chi connectivity index (χ1n) is 11.4. The van der Waals surface area contributed by atoms with E-state index in [1.165, 1.54) is 19.3 Å². The van der Waals surface area contributed by atoms with E-state index in [9.17, 15) is 9.18 Å². The van der Waals surface area contributed by atoms with E-state index in [1.807, 2.05) is 0 Å². The third-order valence-corrected chi connectivity index (χ3v) is 7.33. The second-order valence-corrected chi connectivity index (χ2v) is 9.48. The van der Waals surface area contributed by atoms with E-state index in [2.05, 4.69) is 15.1 Å². The molecule has 1 aromatic rings. The molecule has 8 heteroatoms. The lowest BCUT2D eigenvalue weighted by molar-refractivity contribution is -0.122. The van der Waals surface area contributed by atoms with Crippen molar-refractivity contribution < 1.29 is 13.9 Å². The molecule has 2 aliphatic rings. The Labute approximate surface area is 195 Å². The Kier molecular flexibility index (Phi) is 9.70. The molecule has 0 radical (unpaired) electrons. The molecule has 2 fully saturated rings. The van der Waals surface area contributed by atoms with Gasteiger partial charge in [-0.05, 0) is 63.1 Å². The number of amides is 1. The lowest BCUT2D eigenvalue weighted by Crippen LogP contribution is -2.47. The topological polar surface area (TPSA) is 44.8 Å². The van der Waals surface area contributed by atoms with E-state index in [1.54, 1.807) is 19.2 Å². The zero-order chi connectivity index (χ0) is 22.2. The van der Waals surface area contributed by atoms with Crippen LogP contribution in [-0.4, -0.2) is 63.3 Å². The fourth-order valence-corrected chi connectivity index (χ4v) is 4.92. The van der Waals surface area contributed by atoms with Crippen LogP contribution in [0.5, 0.6) is 0 Å². The molecular weight excluding hydrogens is 440 g/mol. The summed E-state index contributed by atoms with van der Waals surface area (Å²) in [5.41, 5.74) is 0.539. The van der Waals surface area contributed by atoms with E-state index in [4.69, 9.17) is 27.9 Å². The fourth-order valence-electron chi connectivity index (χ4n) is 4.61. The van der Waals surface area contributed by atoms with Crippen LogP contribution in [0.4, 0.5) is 10.1 Å². The number of nitrogens with zero attached hydrogens (tertiary/aromatic N) is 2. The molecule has 3 rings (SSSR count). The smallest absolute Gasteiger partial charge is 0.220 e. The maximum atomic E-state index is 14.4.